The summed E-state index contributed by atoms with van der Waals surface area (Å²) in [6.07, 6.45) is 4.47. The molecule has 1 fully saturated rings. The molecule has 1 aliphatic carbocycles. The van der Waals surface area contributed by atoms with E-state index in [0.29, 0.717) is 10.9 Å². The van der Waals surface area contributed by atoms with Crippen molar-refractivity contribution in [2.24, 2.45) is 5.92 Å². The fraction of sp³-hybridized carbons (Fsp3) is 0.500. The van der Waals surface area contributed by atoms with Gasteiger partial charge in [0, 0.05) is 11.9 Å². The second-order valence-corrected chi connectivity index (χ2v) is 4.01. The van der Waals surface area contributed by atoms with Crippen LogP contribution in [0.3, 0.4) is 0 Å². The molecule has 0 amide bonds. The number of hydrogen-bond donors (Lipinski definition) is 1. The van der Waals surface area contributed by atoms with Crippen LogP contribution in [0, 0.1) is 5.92 Å². The number of pyridine rings is 1. The number of aliphatic hydroxyl groups is 1. The summed E-state index contributed by atoms with van der Waals surface area (Å²) in [4.78, 5) is 4.19. The topological polar surface area (TPSA) is 33.1 Å². The van der Waals surface area contributed by atoms with Crippen molar-refractivity contribution in [2.45, 2.75) is 25.4 Å². The molecule has 2 unspecified atom stereocenters. The summed E-state index contributed by atoms with van der Waals surface area (Å²) in [5.41, 5.74) is 1.02. The Morgan fingerprint density at radius 2 is 2.31 bits per heavy atom. The highest BCUT2D eigenvalue weighted by molar-refractivity contribution is 6.30. The highest BCUT2D eigenvalue weighted by Crippen LogP contribution is 2.29. The number of aliphatic hydroxyl groups excluding tert-OH is 1. The van der Waals surface area contributed by atoms with E-state index in [2.05, 4.69) is 4.98 Å². The van der Waals surface area contributed by atoms with Gasteiger partial charge in [0.15, 0.2) is 0 Å². The van der Waals surface area contributed by atoms with Crippen LogP contribution in [0.5, 0.6) is 0 Å². The highest BCUT2D eigenvalue weighted by Gasteiger charge is 2.28. The molecule has 1 aliphatic rings. The summed E-state index contributed by atoms with van der Waals surface area (Å²) in [6.45, 7) is 0. The third kappa shape index (κ3) is 2.01. The Labute approximate surface area is 82.6 Å². The Kier molecular flexibility index (Phi) is 2.51. The van der Waals surface area contributed by atoms with Gasteiger partial charge in [0.1, 0.15) is 0 Å². The summed E-state index contributed by atoms with van der Waals surface area (Å²) < 4.78 is 0. The van der Waals surface area contributed by atoms with Gasteiger partial charge in [-0.3, -0.25) is 4.98 Å². The first-order chi connectivity index (χ1) is 6.25. The Hall–Kier alpha value is -0.600. The summed E-state index contributed by atoms with van der Waals surface area (Å²) >= 11 is 5.71. The molecule has 13 heavy (non-hydrogen) atoms. The maximum atomic E-state index is 9.37. The average molecular weight is 198 g/mol. The van der Waals surface area contributed by atoms with Crippen molar-refractivity contribution < 1.29 is 5.11 Å². The lowest BCUT2D eigenvalue weighted by atomic mass is 9.79. The zero-order valence-electron chi connectivity index (χ0n) is 7.28. The third-order valence-electron chi connectivity index (χ3n) is 2.64. The lowest BCUT2D eigenvalue weighted by molar-refractivity contribution is 0.0239. The summed E-state index contributed by atoms with van der Waals surface area (Å²) in [7, 11) is 0. The molecule has 1 saturated carbocycles. The van der Waals surface area contributed by atoms with E-state index in [1.165, 1.54) is 0 Å². The van der Waals surface area contributed by atoms with Crippen LogP contribution in [-0.2, 0) is 6.42 Å². The second kappa shape index (κ2) is 3.64. The Morgan fingerprint density at radius 3 is 2.77 bits per heavy atom. The van der Waals surface area contributed by atoms with E-state index in [1.807, 2.05) is 12.1 Å². The summed E-state index contributed by atoms with van der Waals surface area (Å²) in [5, 5.41) is 10.0. The van der Waals surface area contributed by atoms with E-state index in [9.17, 15) is 5.11 Å². The van der Waals surface area contributed by atoms with E-state index in [-0.39, 0.29) is 6.10 Å². The standard InChI is InChI=1S/C10H12ClNO/c11-8-2-3-9(12-6-8)5-7-1-4-10(7)13/h2-3,6-7,10,13H,1,4-5H2. The molecular formula is C10H12ClNO. The van der Waals surface area contributed by atoms with E-state index >= 15 is 0 Å². The maximum absolute atomic E-state index is 9.37. The van der Waals surface area contributed by atoms with Crippen LogP contribution in [0.4, 0.5) is 0 Å². The molecule has 0 saturated heterocycles. The average Bonchev–Trinajstić information content (AvgIpc) is 2.15. The second-order valence-electron chi connectivity index (χ2n) is 3.58. The number of nitrogens with zero attached hydrogens (tertiary/aromatic N) is 1. The van der Waals surface area contributed by atoms with Crippen molar-refractivity contribution in [3.05, 3.63) is 29.0 Å². The van der Waals surface area contributed by atoms with Crippen molar-refractivity contribution >= 4 is 11.6 Å². The van der Waals surface area contributed by atoms with Crippen LogP contribution in [-0.4, -0.2) is 16.2 Å². The van der Waals surface area contributed by atoms with Crippen LogP contribution in [0.15, 0.2) is 18.3 Å². The van der Waals surface area contributed by atoms with Crippen molar-refractivity contribution in [3.63, 3.8) is 0 Å². The highest BCUT2D eigenvalue weighted by atomic mass is 35.5. The van der Waals surface area contributed by atoms with Gasteiger partial charge in [-0.2, -0.15) is 0 Å². The van der Waals surface area contributed by atoms with E-state index in [1.54, 1.807) is 6.20 Å². The molecule has 0 radical (unpaired) electrons. The molecule has 0 spiro atoms. The summed E-state index contributed by atoms with van der Waals surface area (Å²) in [6, 6.07) is 3.77. The number of halogens is 1. The SMILES string of the molecule is OC1CCC1Cc1ccc(Cl)cn1. The van der Waals surface area contributed by atoms with Gasteiger partial charge in [-0.05, 0) is 37.3 Å². The van der Waals surface area contributed by atoms with Crippen LogP contribution < -0.4 is 0 Å². The zero-order chi connectivity index (χ0) is 9.26. The van der Waals surface area contributed by atoms with Crippen molar-refractivity contribution in [3.8, 4) is 0 Å². The molecule has 1 aromatic heterocycles. The predicted molar refractivity (Wildman–Crippen MR) is 51.7 cm³/mol. The van der Waals surface area contributed by atoms with Gasteiger partial charge in [0.2, 0.25) is 0 Å². The first-order valence-corrected chi connectivity index (χ1v) is 4.92. The van der Waals surface area contributed by atoms with Crippen molar-refractivity contribution in [1.82, 2.24) is 4.98 Å². The fourth-order valence-corrected chi connectivity index (χ4v) is 1.70. The van der Waals surface area contributed by atoms with Gasteiger partial charge >= 0.3 is 0 Å². The minimum absolute atomic E-state index is 0.113. The maximum Gasteiger partial charge on any atom is 0.0589 e. The number of hydrogen-bond acceptors (Lipinski definition) is 2. The molecule has 0 bridgehead atoms. The monoisotopic (exact) mass is 197 g/mol. The van der Waals surface area contributed by atoms with Gasteiger partial charge in [-0.15, -0.1) is 0 Å². The van der Waals surface area contributed by atoms with E-state index in [0.717, 1.165) is 25.0 Å². The van der Waals surface area contributed by atoms with Crippen molar-refractivity contribution in [2.75, 3.05) is 0 Å². The lowest BCUT2D eigenvalue weighted by Gasteiger charge is -2.31. The van der Waals surface area contributed by atoms with Gasteiger partial charge in [-0.25, -0.2) is 0 Å². The molecule has 1 aromatic rings. The predicted octanol–water partition coefficient (Wildman–Crippen LogP) is 2.05. The van der Waals surface area contributed by atoms with E-state index < -0.39 is 0 Å². The van der Waals surface area contributed by atoms with Crippen molar-refractivity contribution in [1.29, 1.82) is 0 Å². The van der Waals surface area contributed by atoms with E-state index in [4.69, 9.17) is 11.6 Å². The quantitative estimate of drug-likeness (QED) is 0.787. The summed E-state index contributed by atoms with van der Waals surface area (Å²) in [5.74, 6) is 0.411. The first-order valence-electron chi connectivity index (χ1n) is 4.54. The lowest BCUT2D eigenvalue weighted by Crippen LogP contribution is -2.32. The van der Waals surface area contributed by atoms with Crippen LogP contribution in [0.25, 0.3) is 0 Å². The van der Waals surface area contributed by atoms with Gasteiger partial charge in [0.25, 0.3) is 0 Å². The molecule has 3 heteroatoms. The molecule has 2 nitrogen and oxygen atoms in total. The molecule has 0 aromatic carbocycles. The minimum Gasteiger partial charge on any atom is -0.393 e. The molecule has 1 N–H and O–H groups in total. The Bertz CT molecular complexity index is 285. The molecule has 2 atom stereocenters. The van der Waals surface area contributed by atoms with Crippen LogP contribution >= 0.6 is 11.6 Å². The fourth-order valence-electron chi connectivity index (χ4n) is 1.59. The number of aromatic nitrogens is 1. The zero-order valence-corrected chi connectivity index (χ0v) is 8.04. The van der Waals surface area contributed by atoms with Crippen LogP contribution in [0.1, 0.15) is 18.5 Å². The molecule has 70 valence electrons. The minimum atomic E-state index is -0.113. The third-order valence-corrected chi connectivity index (χ3v) is 2.86. The van der Waals surface area contributed by atoms with Gasteiger partial charge in [0.05, 0.1) is 11.1 Å². The molecular weight excluding hydrogens is 186 g/mol. The van der Waals surface area contributed by atoms with Gasteiger partial charge < -0.3 is 5.11 Å². The smallest absolute Gasteiger partial charge is 0.0589 e. The largest absolute Gasteiger partial charge is 0.393 e. The molecule has 1 heterocycles. The first kappa shape index (κ1) is 8.97. The van der Waals surface area contributed by atoms with Crippen LogP contribution in [0.2, 0.25) is 5.02 Å². The Balaban J connectivity index is 1.98. The number of rotatable bonds is 2. The Morgan fingerprint density at radius 1 is 1.46 bits per heavy atom. The molecule has 2 rings (SSSR count). The molecule has 0 aliphatic heterocycles. The normalized spacial score (nSPS) is 26.9. The van der Waals surface area contributed by atoms with Gasteiger partial charge in [-0.1, -0.05) is 11.6 Å².